The zero-order valence-electron chi connectivity index (χ0n) is 17.5. The number of aromatic nitrogens is 3. The summed E-state index contributed by atoms with van der Waals surface area (Å²) in [5.74, 6) is 0.228. The summed E-state index contributed by atoms with van der Waals surface area (Å²) in [4.78, 5) is 4.15. The lowest BCUT2D eigenvalue weighted by Gasteiger charge is -2.32. The Morgan fingerprint density at radius 1 is 1.29 bits per heavy atom. The van der Waals surface area contributed by atoms with Crippen LogP contribution in [0.25, 0.3) is 5.82 Å². The number of hydrogen-bond donors (Lipinski definition) is 0. The molecule has 0 amide bonds. The van der Waals surface area contributed by atoms with Crippen molar-refractivity contribution < 1.29 is 16.2 Å². The van der Waals surface area contributed by atoms with Gasteiger partial charge >= 0.3 is 7.12 Å². The Bertz CT molecular complexity index is 834. The highest BCUT2D eigenvalue weighted by Crippen LogP contribution is 2.36. The first-order valence-electron chi connectivity index (χ1n) is 9.22. The van der Waals surface area contributed by atoms with Crippen LogP contribution in [0.1, 0.15) is 40.1 Å². The van der Waals surface area contributed by atoms with Crippen molar-refractivity contribution in [3.05, 3.63) is 36.2 Å². The zero-order valence-corrected chi connectivity index (χ0v) is 12.5. The molecule has 3 rings (SSSR count). The van der Waals surface area contributed by atoms with E-state index in [0.717, 1.165) is 4.68 Å². The SMILES string of the molecule is [2H]c1nn(-c2cc(B3OC(C)(C)C(C)(C)O3)ccn2)c([2H])c1C([2H])([2H])[2H]. The monoisotopic (exact) mass is 290 g/mol. The first-order chi connectivity index (χ1) is 11.8. The summed E-state index contributed by atoms with van der Waals surface area (Å²) in [6.07, 6.45) is 0.668. The highest BCUT2D eigenvalue weighted by Gasteiger charge is 2.51. The summed E-state index contributed by atoms with van der Waals surface area (Å²) in [6, 6.07) is 3.35. The van der Waals surface area contributed by atoms with E-state index in [9.17, 15) is 0 Å². The molecule has 1 saturated heterocycles. The van der Waals surface area contributed by atoms with Gasteiger partial charge in [0.1, 0.15) is 0 Å². The Morgan fingerprint density at radius 2 is 2.00 bits per heavy atom. The van der Waals surface area contributed by atoms with Crippen molar-refractivity contribution in [2.24, 2.45) is 0 Å². The largest absolute Gasteiger partial charge is 0.495 e. The van der Waals surface area contributed by atoms with E-state index >= 15 is 0 Å². The van der Waals surface area contributed by atoms with Gasteiger partial charge in [0.2, 0.25) is 0 Å². The molecular weight excluding hydrogens is 265 g/mol. The van der Waals surface area contributed by atoms with Crippen molar-refractivity contribution >= 4 is 12.6 Å². The van der Waals surface area contributed by atoms with E-state index in [4.69, 9.17) is 16.2 Å². The summed E-state index contributed by atoms with van der Waals surface area (Å²) in [5.41, 5.74) is -0.738. The topological polar surface area (TPSA) is 49.2 Å². The fraction of sp³-hybridized carbons (Fsp3) is 0.467. The average molecular weight is 290 g/mol. The summed E-state index contributed by atoms with van der Waals surface area (Å²) in [7, 11) is -0.621. The Kier molecular flexibility index (Phi) is 2.09. The molecule has 0 unspecified atom stereocenters. The van der Waals surface area contributed by atoms with Gasteiger partial charge in [-0.15, -0.1) is 0 Å². The standard InChI is InChI=1S/C15H20BN3O2/c1-11-9-18-19(10-11)13-8-12(6-7-17-13)16-20-14(2,3)15(4,5)21-16/h6-10H,1-5H3/i1D3,9D,10D. The minimum atomic E-state index is -2.59. The zero-order chi connectivity index (χ0) is 19.5. The van der Waals surface area contributed by atoms with Crippen LogP contribution in [0.3, 0.4) is 0 Å². The lowest BCUT2D eigenvalue weighted by Crippen LogP contribution is -2.41. The number of rotatable bonds is 2. The fourth-order valence-corrected chi connectivity index (χ4v) is 2.04. The molecule has 0 spiro atoms. The Balaban J connectivity index is 2.00. The molecule has 0 bridgehead atoms. The van der Waals surface area contributed by atoms with Crippen molar-refractivity contribution in [2.75, 3.05) is 0 Å². The van der Waals surface area contributed by atoms with E-state index in [0.29, 0.717) is 5.46 Å². The van der Waals surface area contributed by atoms with Crippen molar-refractivity contribution in [1.82, 2.24) is 14.8 Å². The van der Waals surface area contributed by atoms with Crippen LogP contribution in [0.15, 0.2) is 30.7 Å². The van der Waals surface area contributed by atoms with Crippen molar-refractivity contribution in [2.45, 2.75) is 45.7 Å². The van der Waals surface area contributed by atoms with Gasteiger partial charge in [0.25, 0.3) is 0 Å². The molecule has 6 heteroatoms. The number of nitrogens with zero attached hydrogens (tertiary/aromatic N) is 3. The van der Waals surface area contributed by atoms with Gasteiger partial charge in [0.05, 0.1) is 20.1 Å². The van der Waals surface area contributed by atoms with E-state index in [-0.39, 0.29) is 12.0 Å². The average Bonchev–Trinajstić information content (AvgIpc) is 2.91. The lowest BCUT2D eigenvalue weighted by atomic mass is 9.80. The third-order valence-corrected chi connectivity index (χ3v) is 3.99. The van der Waals surface area contributed by atoms with Crippen LogP contribution in [0, 0.1) is 6.85 Å². The maximum atomic E-state index is 8.08. The number of pyridine rings is 1. The minimum absolute atomic E-state index is 0.228. The molecule has 2 aromatic rings. The van der Waals surface area contributed by atoms with Gasteiger partial charge < -0.3 is 9.31 Å². The molecule has 0 aromatic carbocycles. The van der Waals surface area contributed by atoms with Gasteiger partial charge in [-0.2, -0.15) is 5.10 Å². The van der Waals surface area contributed by atoms with Crippen LogP contribution in [-0.2, 0) is 9.31 Å². The third kappa shape index (κ3) is 2.49. The quantitative estimate of drug-likeness (QED) is 0.792. The fourth-order valence-electron chi connectivity index (χ4n) is 2.04. The van der Waals surface area contributed by atoms with Gasteiger partial charge in [-0.1, -0.05) is 0 Å². The molecule has 0 atom stereocenters. The van der Waals surface area contributed by atoms with Crippen molar-refractivity contribution in [3.8, 4) is 5.82 Å². The van der Waals surface area contributed by atoms with Crippen LogP contribution < -0.4 is 5.46 Å². The van der Waals surface area contributed by atoms with Crippen LogP contribution >= 0.6 is 0 Å². The van der Waals surface area contributed by atoms with Crippen LogP contribution in [0.2, 0.25) is 0 Å². The smallest absolute Gasteiger partial charge is 0.399 e. The van der Waals surface area contributed by atoms with Crippen LogP contribution in [-0.4, -0.2) is 33.1 Å². The third-order valence-electron chi connectivity index (χ3n) is 3.99. The van der Waals surface area contributed by atoms with E-state index < -0.39 is 36.9 Å². The van der Waals surface area contributed by atoms with Gasteiger partial charge in [0, 0.05) is 16.5 Å². The second-order valence-electron chi connectivity index (χ2n) is 6.05. The van der Waals surface area contributed by atoms with Gasteiger partial charge in [-0.25, -0.2) is 9.67 Å². The predicted molar refractivity (Wildman–Crippen MR) is 81.8 cm³/mol. The molecule has 1 aliphatic heterocycles. The number of hydrogen-bond acceptors (Lipinski definition) is 4. The highest BCUT2D eigenvalue weighted by molar-refractivity contribution is 6.62. The van der Waals surface area contributed by atoms with Crippen molar-refractivity contribution in [3.63, 3.8) is 0 Å². The minimum Gasteiger partial charge on any atom is -0.399 e. The second kappa shape index (κ2) is 4.68. The van der Waals surface area contributed by atoms with Crippen molar-refractivity contribution in [1.29, 1.82) is 0 Å². The van der Waals surface area contributed by atoms with Crippen LogP contribution in [0.5, 0.6) is 0 Å². The van der Waals surface area contributed by atoms with Gasteiger partial charge in [-0.3, -0.25) is 0 Å². The van der Waals surface area contributed by atoms with Gasteiger partial charge in [0.15, 0.2) is 5.82 Å². The van der Waals surface area contributed by atoms with E-state index in [1.165, 1.54) is 6.20 Å². The molecule has 0 aliphatic carbocycles. The molecule has 0 N–H and O–H groups in total. The second-order valence-corrected chi connectivity index (χ2v) is 6.05. The first kappa shape index (κ1) is 9.38. The Labute approximate surface area is 132 Å². The molecule has 3 heterocycles. The predicted octanol–water partition coefficient (Wildman–Crippen LogP) is 1.87. The molecule has 2 aromatic heterocycles. The molecule has 21 heavy (non-hydrogen) atoms. The first-order valence-corrected chi connectivity index (χ1v) is 6.72. The summed E-state index contributed by atoms with van der Waals surface area (Å²) in [5, 5.41) is 3.86. The van der Waals surface area contributed by atoms with E-state index in [1.807, 2.05) is 27.7 Å². The Hall–Kier alpha value is -1.66. The molecule has 0 saturated carbocycles. The molecule has 1 fully saturated rings. The summed E-state index contributed by atoms with van der Waals surface area (Å²) in [6.45, 7) is 5.19. The molecule has 0 radical (unpaired) electrons. The molecular formula is C15H20BN3O2. The summed E-state index contributed by atoms with van der Waals surface area (Å²) >= 11 is 0. The normalized spacial score (nSPS) is 24.0. The van der Waals surface area contributed by atoms with E-state index in [1.54, 1.807) is 12.1 Å². The van der Waals surface area contributed by atoms with Gasteiger partial charge in [-0.05, 0) is 57.7 Å². The molecule has 1 aliphatic rings. The highest BCUT2D eigenvalue weighted by atomic mass is 16.7. The van der Waals surface area contributed by atoms with E-state index in [2.05, 4.69) is 10.1 Å². The Morgan fingerprint density at radius 3 is 2.62 bits per heavy atom. The van der Waals surface area contributed by atoms with Crippen LogP contribution in [0.4, 0.5) is 0 Å². The maximum absolute atomic E-state index is 8.08. The lowest BCUT2D eigenvalue weighted by molar-refractivity contribution is 0.00578. The maximum Gasteiger partial charge on any atom is 0.495 e. The molecule has 110 valence electrons. The summed E-state index contributed by atoms with van der Waals surface area (Å²) < 4.78 is 51.3. The molecule has 5 nitrogen and oxygen atoms in total.